The second kappa shape index (κ2) is 10.7. The van der Waals surface area contributed by atoms with Crippen molar-refractivity contribution in [3.8, 4) is 16.9 Å². The van der Waals surface area contributed by atoms with Gasteiger partial charge in [0.05, 0.1) is 28.0 Å². The molecule has 0 bridgehead atoms. The molecule has 2 saturated carbocycles. The molecule has 2 atom stereocenters. The van der Waals surface area contributed by atoms with Gasteiger partial charge in [0.2, 0.25) is 5.91 Å². The molecule has 1 aliphatic heterocycles. The van der Waals surface area contributed by atoms with E-state index in [0.717, 1.165) is 37.1 Å². The lowest BCUT2D eigenvalue weighted by Gasteiger charge is -2.44. The number of pyridine rings is 1. The summed E-state index contributed by atoms with van der Waals surface area (Å²) in [5.41, 5.74) is 7.20. The van der Waals surface area contributed by atoms with Crippen molar-refractivity contribution in [3.05, 3.63) is 76.3 Å². The molecular weight excluding hydrogens is 578 g/mol. The van der Waals surface area contributed by atoms with Gasteiger partial charge in [-0.15, -0.1) is 0 Å². The maximum atomic E-state index is 16.1. The highest BCUT2D eigenvalue weighted by Crippen LogP contribution is 2.48. The predicted octanol–water partition coefficient (Wildman–Crippen LogP) is 4.77. The van der Waals surface area contributed by atoms with E-state index in [1.807, 2.05) is 25.7 Å². The van der Waals surface area contributed by atoms with Gasteiger partial charge in [-0.3, -0.25) is 4.79 Å². The highest BCUT2D eigenvalue weighted by Gasteiger charge is 2.38. The van der Waals surface area contributed by atoms with Crippen molar-refractivity contribution in [1.29, 1.82) is 0 Å². The van der Waals surface area contributed by atoms with Crippen LogP contribution in [0.25, 0.3) is 28.0 Å². The number of nitrogen functional groups attached to an aromatic ring is 1. The molecule has 1 aromatic carbocycles. The Hall–Kier alpha value is -4.74. The van der Waals surface area contributed by atoms with Crippen LogP contribution in [0, 0.1) is 18.6 Å². The third-order valence-electron chi connectivity index (χ3n) is 9.00. The summed E-state index contributed by atoms with van der Waals surface area (Å²) in [7, 11) is 0. The molecule has 45 heavy (non-hydrogen) atoms. The number of rotatable bonds is 6. The molecule has 1 amide bonds. The lowest BCUT2D eigenvalue weighted by Crippen LogP contribution is -2.58. The van der Waals surface area contributed by atoms with Crippen molar-refractivity contribution in [2.45, 2.75) is 70.4 Å². The molecule has 12 heteroatoms. The first-order chi connectivity index (χ1) is 21.6. The number of halogens is 2. The highest BCUT2D eigenvalue weighted by molar-refractivity contribution is 5.92. The van der Waals surface area contributed by atoms with E-state index in [1.165, 1.54) is 34.9 Å². The van der Waals surface area contributed by atoms with Crippen LogP contribution in [0.3, 0.4) is 0 Å². The summed E-state index contributed by atoms with van der Waals surface area (Å²) >= 11 is 0. The Kier molecular flexibility index (Phi) is 6.90. The average Bonchev–Trinajstić information content (AvgIpc) is 3.92. The molecule has 3 fully saturated rings. The highest BCUT2D eigenvalue weighted by atomic mass is 19.1. The largest absolute Gasteiger partial charge is 0.398 e. The van der Waals surface area contributed by atoms with Crippen molar-refractivity contribution < 1.29 is 13.6 Å². The topological polar surface area (TPSA) is 123 Å². The maximum absolute atomic E-state index is 16.1. The van der Waals surface area contributed by atoms with E-state index in [1.54, 1.807) is 4.90 Å². The van der Waals surface area contributed by atoms with Crippen LogP contribution in [-0.2, 0) is 4.79 Å². The molecular formula is C33H34F2N8O2. The molecule has 4 aromatic rings. The number of aryl methyl sites for hydroxylation is 1. The first kappa shape index (κ1) is 29.0. The zero-order chi connectivity index (χ0) is 31.7. The van der Waals surface area contributed by atoms with Crippen LogP contribution in [0.2, 0.25) is 0 Å². The van der Waals surface area contributed by atoms with E-state index in [2.05, 4.69) is 11.6 Å². The molecule has 3 aromatic heterocycles. The summed E-state index contributed by atoms with van der Waals surface area (Å²) in [6.07, 6.45) is 4.98. The van der Waals surface area contributed by atoms with Gasteiger partial charge in [-0.2, -0.15) is 4.98 Å². The summed E-state index contributed by atoms with van der Waals surface area (Å²) in [4.78, 5) is 49.3. The van der Waals surface area contributed by atoms with Gasteiger partial charge in [0.15, 0.2) is 11.5 Å². The molecule has 1 saturated heterocycles. The number of carbonyl (C=O) groups is 1. The fourth-order valence-electron chi connectivity index (χ4n) is 6.46. The number of fused-ring (bicyclic) bond motifs is 1. The van der Waals surface area contributed by atoms with Crippen molar-refractivity contribution >= 4 is 28.4 Å². The predicted molar refractivity (Wildman–Crippen MR) is 167 cm³/mol. The Labute approximate surface area is 258 Å². The number of aromatic nitrogens is 5. The molecule has 2 aliphatic carbocycles. The number of piperazine rings is 1. The number of hydrogen-bond donors (Lipinski definition) is 1. The fourth-order valence-corrected chi connectivity index (χ4v) is 6.46. The summed E-state index contributed by atoms with van der Waals surface area (Å²) in [6.45, 7) is 9.96. The normalized spacial score (nSPS) is 20.1. The summed E-state index contributed by atoms with van der Waals surface area (Å²) in [6, 6.07) is 4.86. The molecule has 10 nitrogen and oxygen atoms in total. The third kappa shape index (κ3) is 4.92. The number of anilines is 2. The Bertz CT molecular complexity index is 1900. The van der Waals surface area contributed by atoms with Crippen molar-refractivity contribution in [3.63, 3.8) is 0 Å². The smallest absolute Gasteiger partial charge is 0.355 e. The molecule has 0 spiro atoms. The van der Waals surface area contributed by atoms with Crippen molar-refractivity contribution in [2.75, 3.05) is 23.7 Å². The molecule has 7 rings (SSSR count). The Morgan fingerprint density at radius 2 is 1.64 bits per heavy atom. The second-order valence-electron chi connectivity index (χ2n) is 12.4. The number of nitrogens with zero attached hydrogens (tertiary/aromatic N) is 7. The second-order valence-corrected chi connectivity index (χ2v) is 12.4. The van der Waals surface area contributed by atoms with Crippen LogP contribution in [0.1, 0.15) is 68.6 Å². The zero-order valence-corrected chi connectivity index (χ0v) is 25.4. The van der Waals surface area contributed by atoms with Crippen LogP contribution in [0.5, 0.6) is 0 Å². The van der Waals surface area contributed by atoms with E-state index in [0.29, 0.717) is 24.6 Å². The van der Waals surface area contributed by atoms with E-state index < -0.39 is 17.3 Å². The minimum atomic E-state index is -0.807. The summed E-state index contributed by atoms with van der Waals surface area (Å²) in [5, 5.41) is 0.275. The zero-order valence-electron chi connectivity index (χ0n) is 25.4. The first-order valence-corrected chi connectivity index (χ1v) is 15.3. The molecule has 0 radical (unpaired) electrons. The Morgan fingerprint density at radius 3 is 2.24 bits per heavy atom. The summed E-state index contributed by atoms with van der Waals surface area (Å²) in [5.74, 6) is -0.563. The van der Waals surface area contributed by atoms with E-state index in [9.17, 15) is 9.59 Å². The Morgan fingerprint density at radius 1 is 0.978 bits per heavy atom. The number of amides is 1. The Balaban J connectivity index is 1.52. The molecule has 0 unspecified atom stereocenters. The van der Waals surface area contributed by atoms with E-state index in [-0.39, 0.29) is 63.6 Å². The number of benzene rings is 1. The minimum absolute atomic E-state index is 0.0189. The van der Waals surface area contributed by atoms with E-state index >= 15 is 8.78 Å². The average molecular weight is 613 g/mol. The quantitative estimate of drug-likeness (QED) is 0.244. The molecule has 3 aliphatic rings. The van der Waals surface area contributed by atoms with E-state index in [4.69, 9.17) is 20.7 Å². The SMILES string of the molecule is C=CC(=O)N1C[C@H](C)N(c2nc(=O)n(-c3c(C4CC4)nc(C)nc3C3CC3)c3nc(-c4c(N)cccc4F)c(F)cc23)C[C@H]1C. The van der Waals surface area contributed by atoms with Crippen molar-refractivity contribution in [2.24, 2.45) is 0 Å². The van der Waals surface area contributed by atoms with Gasteiger partial charge in [0, 0.05) is 42.7 Å². The minimum Gasteiger partial charge on any atom is -0.398 e. The molecule has 4 heterocycles. The van der Waals surface area contributed by atoms with Crippen LogP contribution in [0.15, 0.2) is 41.7 Å². The van der Waals surface area contributed by atoms with Crippen LogP contribution in [0.4, 0.5) is 20.3 Å². The lowest BCUT2D eigenvalue weighted by molar-refractivity contribution is -0.128. The van der Waals surface area contributed by atoms with Gasteiger partial charge in [-0.25, -0.2) is 33.1 Å². The fraction of sp³-hybridized carbons (Fsp3) is 0.394. The number of hydrogen-bond acceptors (Lipinski definition) is 8. The monoisotopic (exact) mass is 612 g/mol. The van der Waals surface area contributed by atoms with Gasteiger partial charge in [0.1, 0.15) is 23.2 Å². The number of nitrogens with two attached hydrogens (primary N) is 1. The molecule has 2 N–H and O–H groups in total. The molecule has 232 valence electrons. The van der Waals surface area contributed by atoms with Gasteiger partial charge in [-0.1, -0.05) is 12.6 Å². The standard InChI is InChI=1S/C33H34F2N8O2/c1-5-25(44)41-14-17(3)42(15-16(41)2)31-21-13-23(35)29(26-22(34)7-6-8-24(26)36)39-32(21)43(33(45)40-31)30-27(19-9-10-19)37-18(4)38-28(30)20-11-12-20/h5-8,13,16-17,19-20H,1,9-12,14-15,36H2,2-4H3/t16-,17+/m1/s1. The van der Waals surface area contributed by atoms with Crippen LogP contribution in [-0.4, -0.2) is 60.5 Å². The first-order valence-electron chi connectivity index (χ1n) is 15.3. The lowest BCUT2D eigenvalue weighted by atomic mass is 10.0. The van der Waals surface area contributed by atoms with Crippen LogP contribution >= 0.6 is 0 Å². The van der Waals surface area contributed by atoms with Crippen molar-refractivity contribution in [1.82, 2.24) is 29.4 Å². The maximum Gasteiger partial charge on any atom is 0.355 e. The summed E-state index contributed by atoms with van der Waals surface area (Å²) < 4.78 is 32.7. The third-order valence-corrected chi connectivity index (χ3v) is 9.00. The van der Waals surface area contributed by atoms with Crippen LogP contribution < -0.4 is 16.3 Å². The van der Waals surface area contributed by atoms with Gasteiger partial charge < -0.3 is 15.5 Å². The number of carbonyl (C=O) groups excluding carboxylic acids is 1. The van der Waals surface area contributed by atoms with Gasteiger partial charge >= 0.3 is 5.69 Å². The van der Waals surface area contributed by atoms with Gasteiger partial charge in [0.25, 0.3) is 0 Å². The van der Waals surface area contributed by atoms with Gasteiger partial charge in [-0.05, 0) is 70.7 Å².